The molecule has 1 rings (SSSR count). The Morgan fingerprint density at radius 1 is 1.47 bits per heavy atom. The van der Waals surface area contributed by atoms with E-state index in [1.807, 2.05) is 25.8 Å². The minimum absolute atomic E-state index is 0.220. The van der Waals surface area contributed by atoms with Crippen molar-refractivity contribution in [3.8, 4) is 0 Å². The highest BCUT2D eigenvalue weighted by Crippen LogP contribution is 2.33. The van der Waals surface area contributed by atoms with Crippen molar-refractivity contribution >= 4 is 17.5 Å². The molecule has 0 spiro atoms. The molecule has 3 heteroatoms. The van der Waals surface area contributed by atoms with Gasteiger partial charge in [0.2, 0.25) is 5.91 Å². The molecular weight excluding hydrogens is 210 g/mol. The number of carbonyl (C=O) groups excluding carboxylic acids is 1. The van der Waals surface area contributed by atoms with Crippen molar-refractivity contribution in [3.05, 3.63) is 0 Å². The molecule has 0 heterocycles. The molecule has 2 unspecified atom stereocenters. The average Bonchev–Trinajstić information content (AvgIpc) is 2.62. The van der Waals surface area contributed by atoms with Crippen LogP contribution in [0.5, 0.6) is 0 Å². The lowest BCUT2D eigenvalue weighted by Gasteiger charge is -2.36. The number of rotatable bonds is 3. The largest absolute Gasteiger partial charge is 0.339 e. The van der Waals surface area contributed by atoms with E-state index in [0.717, 1.165) is 6.42 Å². The SMILES string of the molecule is CC1CCCC1C(=O)N(C)C(C)(C)CCl. The van der Waals surface area contributed by atoms with Gasteiger partial charge >= 0.3 is 0 Å². The molecule has 0 saturated heterocycles. The number of nitrogens with zero attached hydrogens (tertiary/aromatic N) is 1. The van der Waals surface area contributed by atoms with E-state index in [4.69, 9.17) is 11.6 Å². The van der Waals surface area contributed by atoms with Crippen molar-refractivity contribution in [2.24, 2.45) is 11.8 Å². The van der Waals surface area contributed by atoms with E-state index in [0.29, 0.717) is 11.8 Å². The predicted octanol–water partition coefficient (Wildman–Crippen LogP) is 2.90. The molecule has 2 nitrogen and oxygen atoms in total. The van der Waals surface area contributed by atoms with Crippen LogP contribution >= 0.6 is 11.6 Å². The Hall–Kier alpha value is -0.240. The molecule has 0 radical (unpaired) electrons. The lowest BCUT2D eigenvalue weighted by Crippen LogP contribution is -2.49. The minimum Gasteiger partial charge on any atom is -0.339 e. The Morgan fingerprint density at radius 2 is 2.07 bits per heavy atom. The lowest BCUT2D eigenvalue weighted by atomic mass is 9.94. The fourth-order valence-electron chi connectivity index (χ4n) is 2.15. The molecule has 0 aromatic carbocycles. The van der Waals surface area contributed by atoms with Crippen LogP contribution in [0, 0.1) is 11.8 Å². The van der Waals surface area contributed by atoms with Gasteiger partial charge in [-0.1, -0.05) is 13.3 Å². The fraction of sp³-hybridized carbons (Fsp3) is 0.917. The Morgan fingerprint density at radius 3 is 2.47 bits per heavy atom. The smallest absolute Gasteiger partial charge is 0.226 e. The summed E-state index contributed by atoms with van der Waals surface area (Å²) in [6.45, 7) is 6.20. The summed E-state index contributed by atoms with van der Waals surface area (Å²) >= 11 is 5.88. The zero-order chi connectivity index (χ0) is 11.6. The highest BCUT2D eigenvalue weighted by atomic mass is 35.5. The van der Waals surface area contributed by atoms with Crippen LogP contribution in [0.1, 0.15) is 40.0 Å². The maximum absolute atomic E-state index is 12.2. The molecule has 88 valence electrons. The molecule has 15 heavy (non-hydrogen) atoms. The van der Waals surface area contributed by atoms with E-state index >= 15 is 0 Å². The van der Waals surface area contributed by atoms with Gasteiger partial charge in [0.15, 0.2) is 0 Å². The van der Waals surface area contributed by atoms with Gasteiger partial charge < -0.3 is 4.90 Å². The van der Waals surface area contributed by atoms with E-state index in [1.165, 1.54) is 12.8 Å². The summed E-state index contributed by atoms with van der Waals surface area (Å²) in [5, 5.41) is 0. The summed E-state index contributed by atoms with van der Waals surface area (Å²) in [6, 6.07) is 0. The second kappa shape index (κ2) is 4.73. The summed E-state index contributed by atoms with van der Waals surface area (Å²) in [5.41, 5.74) is -0.235. The number of hydrogen-bond donors (Lipinski definition) is 0. The second-order valence-electron chi connectivity index (χ2n) is 5.36. The zero-order valence-electron chi connectivity index (χ0n) is 10.2. The summed E-state index contributed by atoms with van der Waals surface area (Å²) in [7, 11) is 1.87. The van der Waals surface area contributed by atoms with Crippen LogP contribution in [0.3, 0.4) is 0 Å². The Kier molecular flexibility index (Phi) is 4.05. The number of halogens is 1. The van der Waals surface area contributed by atoms with Gasteiger partial charge in [-0.3, -0.25) is 4.79 Å². The van der Waals surface area contributed by atoms with Gasteiger partial charge in [0.25, 0.3) is 0 Å². The van der Waals surface area contributed by atoms with Crippen LogP contribution in [0.2, 0.25) is 0 Å². The van der Waals surface area contributed by atoms with Gasteiger partial charge in [0.1, 0.15) is 0 Å². The summed E-state index contributed by atoms with van der Waals surface area (Å²) in [5.74, 6) is 1.50. The topological polar surface area (TPSA) is 20.3 Å². The van der Waals surface area contributed by atoms with Gasteiger partial charge in [-0.15, -0.1) is 11.6 Å². The van der Waals surface area contributed by atoms with E-state index in [2.05, 4.69) is 6.92 Å². The number of alkyl halides is 1. The summed E-state index contributed by atoms with van der Waals surface area (Å²) < 4.78 is 0. The summed E-state index contributed by atoms with van der Waals surface area (Å²) in [4.78, 5) is 14.1. The molecule has 0 aromatic heterocycles. The highest BCUT2D eigenvalue weighted by molar-refractivity contribution is 6.18. The summed E-state index contributed by atoms with van der Waals surface area (Å²) in [6.07, 6.45) is 3.42. The van der Waals surface area contributed by atoms with E-state index in [9.17, 15) is 4.79 Å². The predicted molar refractivity (Wildman–Crippen MR) is 64.1 cm³/mol. The first-order chi connectivity index (χ1) is 6.90. The van der Waals surface area contributed by atoms with Crippen LogP contribution in [0.4, 0.5) is 0 Å². The average molecular weight is 232 g/mol. The normalized spacial score (nSPS) is 26.7. The van der Waals surface area contributed by atoms with Crippen molar-refractivity contribution in [2.75, 3.05) is 12.9 Å². The Labute approximate surface area is 98.0 Å². The van der Waals surface area contributed by atoms with Gasteiger partial charge in [-0.25, -0.2) is 0 Å². The zero-order valence-corrected chi connectivity index (χ0v) is 11.0. The van der Waals surface area contributed by atoms with Crippen LogP contribution in [0.25, 0.3) is 0 Å². The van der Waals surface area contributed by atoms with Gasteiger partial charge in [-0.05, 0) is 32.6 Å². The fourth-order valence-corrected chi connectivity index (χ4v) is 2.33. The van der Waals surface area contributed by atoms with Crippen LogP contribution < -0.4 is 0 Å². The first kappa shape index (κ1) is 12.8. The molecule has 1 aliphatic carbocycles. The highest BCUT2D eigenvalue weighted by Gasteiger charge is 2.36. The first-order valence-electron chi connectivity index (χ1n) is 5.74. The van der Waals surface area contributed by atoms with Crippen LogP contribution in [-0.4, -0.2) is 29.3 Å². The Bertz CT molecular complexity index is 240. The van der Waals surface area contributed by atoms with Gasteiger partial charge in [0.05, 0.1) is 5.54 Å². The molecule has 1 amide bonds. The number of hydrogen-bond acceptors (Lipinski definition) is 1. The van der Waals surface area contributed by atoms with Crippen LogP contribution in [0.15, 0.2) is 0 Å². The van der Waals surface area contributed by atoms with E-state index < -0.39 is 0 Å². The maximum Gasteiger partial charge on any atom is 0.226 e. The third-order valence-corrected chi connectivity index (χ3v) is 4.40. The molecule has 1 saturated carbocycles. The molecule has 0 aromatic rings. The van der Waals surface area contributed by atoms with E-state index in [1.54, 1.807) is 0 Å². The monoisotopic (exact) mass is 231 g/mol. The second-order valence-corrected chi connectivity index (χ2v) is 5.63. The molecular formula is C12H22ClNO. The maximum atomic E-state index is 12.2. The standard InChI is InChI=1S/C12H22ClNO/c1-9-6-5-7-10(9)11(15)14(4)12(2,3)8-13/h9-10H,5-8H2,1-4H3. The van der Waals surface area contributed by atoms with Crippen molar-refractivity contribution < 1.29 is 4.79 Å². The molecule has 1 aliphatic rings. The molecule has 2 atom stereocenters. The van der Waals surface area contributed by atoms with Gasteiger partial charge in [-0.2, -0.15) is 0 Å². The molecule has 0 N–H and O–H groups in total. The Balaban J connectivity index is 2.67. The van der Waals surface area contributed by atoms with Crippen molar-refractivity contribution in [2.45, 2.75) is 45.6 Å². The van der Waals surface area contributed by atoms with Crippen molar-refractivity contribution in [1.82, 2.24) is 4.90 Å². The number of amides is 1. The van der Waals surface area contributed by atoms with Crippen molar-refractivity contribution in [3.63, 3.8) is 0 Å². The lowest BCUT2D eigenvalue weighted by molar-refractivity contribution is -0.139. The molecule has 0 aliphatic heterocycles. The third kappa shape index (κ3) is 2.66. The molecule has 1 fully saturated rings. The van der Waals surface area contributed by atoms with E-state index in [-0.39, 0.29) is 17.4 Å². The molecule has 0 bridgehead atoms. The quantitative estimate of drug-likeness (QED) is 0.684. The minimum atomic E-state index is -0.235. The number of carbonyl (C=O) groups is 1. The first-order valence-corrected chi connectivity index (χ1v) is 6.27. The third-order valence-electron chi connectivity index (χ3n) is 3.74. The van der Waals surface area contributed by atoms with Crippen molar-refractivity contribution in [1.29, 1.82) is 0 Å². The van der Waals surface area contributed by atoms with Crippen LogP contribution in [-0.2, 0) is 4.79 Å². The van der Waals surface area contributed by atoms with Gasteiger partial charge in [0, 0.05) is 18.8 Å².